The molecule has 6 rings (SSSR count). The monoisotopic (exact) mass is 619 g/mol. The van der Waals surface area contributed by atoms with Gasteiger partial charge in [-0.2, -0.15) is 0 Å². The van der Waals surface area contributed by atoms with Gasteiger partial charge in [0.25, 0.3) is 0 Å². The van der Waals surface area contributed by atoms with Crippen molar-refractivity contribution in [2.75, 3.05) is 18.5 Å². The van der Waals surface area contributed by atoms with Crippen molar-refractivity contribution in [3.05, 3.63) is 26.3 Å². The van der Waals surface area contributed by atoms with E-state index in [0.29, 0.717) is 18.5 Å². The summed E-state index contributed by atoms with van der Waals surface area (Å²) >= 11 is 3.39. The van der Waals surface area contributed by atoms with Crippen molar-refractivity contribution >= 4 is 15.9 Å². The summed E-state index contributed by atoms with van der Waals surface area (Å²) in [5.74, 6) is 0.0604. The third kappa shape index (κ3) is 11.6. The first-order chi connectivity index (χ1) is 17.5. The fourth-order valence-corrected chi connectivity index (χ4v) is 5.86. The van der Waals surface area contributed by atoms with E-state index in [4.69, 9.17) is 18.9 Å². The summed E-state index contributed by atoms with van der Waals surface area (Å²) in [5, 5.41) is 40.6. The molecule has 0 spiro atoms. The molecule has 37 heavy (non-hydrogen) atoms. The van der Waals surface area contributed by atoms with Crippen LogP contribution in [0, 0.1) is 11.8 Å². The summed E-state index contributed by atoms with van der Waals surface area (Å²) in [4.78, 5) is 0. The fraction of sp³-hybridized carbons (Fsp3) is 0.852. The zero-order chi connectivity index (χ0) is 27.1. The first-order valence-electron chi connectivity index (χ1n) is 13.3. The summed E-state index contributed by atoms with van der Waals surface area (Å²) in [7, 11) is 0. The van der Waals surface area contributed by atoms with Gasteiger partial charge in [-0.25, -0.2) is 0 Å². The van der Waals surface area contributed by atoms with Crippen LogP contribution in [0.25, 0.3) is 0 Å². The molecule has 0 saturated carbocycles. The van der Waals surface area contributed by atoms with Crippen LogP contribution in [0.5, 0.6) is 0 Å². The molecule has 8 nitrogen and oxygen atoms in total. The maximum Gasteiger partial charge on any atom is 1.00 e. The minimum Gasteiger partial charge on any atom is -0.390 e. The molecule has 212 valence electrons. The second-order valence-electron chi connectivity index (χ2n) is 9.38. The van der Waals surface area contributed by atoms with Crippen molar-refractivity contribution in [1.82, 2.24) is 0 Å². The molecule has 10 heteroatoms. The van der Waals surface area contributed by atoms with Gasteiger partial charge in [-0.15, -0.1) is 26.3 Å². The number of ether oxygens (including phenoxy) is 4. The van der Waals surface area contributed by atoms with Crippen LogP contribution in [0.3, 0.4) is 0 Å². The number of halogens is 1. The standard InChI is InChI=1S/C12H22O4.C11H19BrO4.2C2H4.K/c1-2-9-8-6-4-3-5-7-15-12(16-9)11(14)10(8)13;12-6-8-7-4-2-1-3-5-15-11(16-8)10(14)9(7)13;2*1-2;/h8-14H,2-7H2,1H3;7-11,13-14H,1-6H2;2*1-2H2;/q;;;;+1/t8-,9-,10?,11?,12+;7-,8-,9?,10?,11+;;;/m11.../s1. The second kappa shape index (κ2) is 21.9. The Labute approximate surface area is 274 Å². The molecule has 0 radical (unpaired) electrons. The molecular formula is C27H49BrKO8+. The van der Waals surface area contributed by atoms with Gasteiger partial charge in [-0.05, 0) is 32.1 Å². The quantitative estimate of drug-likeness (QED) is 0.203. The van der Waals surface area contributed by atoms with Gasteiger partial charge in [-0.1, -0.05) is 48.5 Å². The Morgan fingerprint density at radius 3 is 1.46 bits per heavy atom. The number of rotatable bonds is 2. The molecule has 6 aliphatic heterocycles. The summed E-state index contributed by atoms with van der Waals surface area (Å²) in [6, 6.07) is 0. The van der Waals surface area contributed by atoms with E-state index < -0.39 is 37.0 Å². The van der Waals surface area contributed by atoms with Crippen LogP contribution in [-0.4, -0.2) is 88.2 Å². The average molecular weight is 621 g/mol. The van der Waals surface area contributed by atoms with Crippen LogP contribution in [0.1, 0.15) is 64.7 Å². The molecule has 6 saturated heterocycles. The van der Waals surface area contributed by atoms with Crippen molar-refractivity contribution < 1.29 is 90.8 Å². The van der Waals surface area contributed by atoms with Crippen molar-refractivity contribution in [2.45, 2.75) is 114 Å². The van der Waals surface area contributed by atoms with Gasteiger partial charge in [0.15, 0.2) is 12.6 Å². The summed E-state index contributed by atoms with van der Waals surface area (Å²) in [5.41, 5.74) is 0. The molecular weight excluding hydrogens is 571 g/mol. The van der Waals surface area contributed by atoms with Crippen LogP contribution >= 0.6 is 15.9 Å². The minimum atomic E-state index is -0.918. The smallest absolute Gasteiger partial charge is 0.390 e. The number of fused-ring (bicyclic) bond motifs is 14. The second-order valence-corrected chi connectivity index (χ2v) is 10.0. The summed E-state index contributed by atoms with van der Waals surface area (Å²) in [6.45, 7) is 15.2. The first kappa shape index (κ1) is 38.3. The number of aliphatic hydroxyl groups excluding tert-OH is 4. The molecule has 0 aromatic rings. The first-order valence-corrected chi connectivity index (χ1v) is 14.4. The summed E-state index contributed by atoms with van der Waals surface area (Å²) < 4.78 is 22.4. The molecule has 6 aliphatic rings. The zero-order valence-electron chi connectivity index (χ0n) is 22.9. The van der Waals surface area contributed by atoms with Crippen LogP contribution < -0.4 is 51.4 Å². The van der Waals surface area contributed by atoms with Crippen molar-refractivity contribution in [1.29, 1.82) is 0 Å². The third-order valence-corrected chi connectivity index (χ3v) is 7.83. The number of hydrogen-bond acceptors (Lipinski definition) is 8. The molecule has 0 aliphatic carbocycles. The van der Waals surface area contributed by atoms with Gasteiger partial charge in [0.2, 0.25) is 0 Å². The zero-order valence-corrected chi connectivity index (χ0v) is 27.6. The number of alkyl halides is 1. The predicted molar refractivity (Wildman–Crippen MR) is 144 cm³/mol. The maximum absolute atomic E-state index is 10.1. The van der Waals surface area contributed by atoms with E-state index in [1.54, 1.807) is 0 Å². The summed E-state index contributed by atoms with van der Waals surface area (Å²) in [6.07, 6.45) is 4.43. The van der Waals surface area contributed by atoms with Gasteiger partial charge < -0.3 is 39.4 Å². The Balaban J connectivity index is 0.000000603. The topological polar surface area (TPSA) is 118 Å². The van der Waals surface area contributed by atoms with Crippen LogP contribution in [-0.2, 0) is 18.9 Å². The van der Waals surface area contributed by atoms with Gasteiger partial charge in [0, 0.05) is 30.4 Å². The van der Waals surface area contributed by atoms with E-state index >= 15 is 0 Å². The predicted octanol–water partition coefficient (Wildman–Crippen LogP) is 0.693. The Morgan fingerprint density at radius 2 is 1.05 bits per heavy atom. The van der Waals surface area contributed by atoms with E-state index in [9.17, 15) is 20.4 Å². The van der Waals surface area contributed by atoms with Crippen molar-refractivity contribution in [3.8, 4) is 0 Å². The van der Waals surface area contributed by atoms with Gasteiger partial charge in [-0.3, -0.25) is 0 Å². The van der Waals surface area contributed by atoms with Gasteiger partial charge in [0.05, 0.1) is 24.4 Å². The van der Waals surface area contributed by atoms with E-state index in [-0.39, 0.29) is 75.4 Å². The molecule has 0 amide bonds. The Morgan fingerprint density at radius 1 is 0.649 bits per heavy atom. The molecule has 10 atom stereocenters. The van der Waals surface area contributed by atoms with Crippen LogP contribution in [0.15, 0.2) is 26.3 Å². The number of aliphatic hydroxyl groups is 4. The molecule has 4 bridgehead atoms. The van der Waals surface area contributed by atoms with E-state index in [1.165, 1.54) is 0 Å². The molecule has 6 fully saturated rings. The van der Waals surface area contributed by atoms with Crippen molar-refractivity contribution in [3.63, 3.8) is 0 Å². The molecule has 6 heterocycles. The SMILES string of the molecule is C=C.C=C.CC[C@H]1O[C@@H]2OCCCCC[C@H]1C(O)C2O.OC1C(O)[C@@H]2CCCCCO[C@H]1O[C@@H]2CBr.[K+]. The van der Waals surface area contributed by atoms with Crippen LogP contribution in [0.2, 0.25) is 0 Å². The Bertz CT molecular complexity index is 521. The van der Waals surface area contributed by atoms with E-state index in [1.807, 2.05) is 6.92 Å². The van der Waals surface area contributed by atoms with Gasteiger partial charge >= 0.3 is 51.4 Å². The van der Waals surface area contributed by atoms with E-state index in [2.05, 4.69) is 42.2 Å². The number of hydrogen-bond donors (Lipinski definition) is 4. The Kier molecular flexibility index (Phi) is 22.7. The maximum atomic E-state index is 10.1. The minimum absolute atomic E-state index is 0. The van der Waals surface area contributed by atoms with E-state index in [0.717, 1.165) is 57.8 Å². The average Bonchev–Trinajstić information content (AvgIpc) is 2.93. The largest absolute Gasteiger partial charge is 1.00 e. The van der Waals surface area contributed by atoms with Gasteiger partial charge in [0.1, 0.15) is 12.2 Å². The molecule has 0 aromatic heterocycles. The Hall–Kier alpha value is 1.28. The molecule has 4 N–H and O–H groups in total. The molecule has 4 unspecified atom stereocenters. The third-order valence-electron chi connectivity index (χ3n) is 7.19. The fourth-order valence-electron chi connectivity index (χ4n) is 5.23. The normalized spacial score (nSPS) is 39.6. The van der Waals surface area contributed by atoms with Crippen molar-refractivity contribution in [2.24, 2.45) is 11.8 Å². The molecule has 0 aromatic carbocycles. The van der Waals surface area contributed by atoms with Crippen LogP contribution in [0.4, 0.5) is 0 Å².